The molecule has 3 heterocycles. The number of hydrogen-bond donors (Lipinski definition) is 1. The topological polar surface area (TPSA) is 33.6 Å². The Labute approximate surface area is 88.7 Å². The maximum absolute atomic E-state index is 5.89. The number of amidine groups is 1. The molecule has 0 aromatic carbocycles. The van der Waals surface area contributed by atoms with Crippen molar-refractivity contribution in [3.05, 3.63) is 0 Å². The van der Waals surface area contributed by atoms with Crippen LogP contribution in [0, 0.1) is 0 Å². The normalized spacial score (nSPS) is 41.1. The fourth-order valence-electron chi connectivity index (χ4n) is 2.54. The second kappa shape index (κ2) is 3.74. The minimum atomic E-state index is 0.456. The van der Waals surface area contributed by atoms with Gasteiger partial charge in [-0.2, -0.15) is 0 Å². The Morgan fingerprint density at radius 1 is 1.29 bits per heavy atom. The molecule has 0 saturated carbocycles. The van der Waals surface area contributed by atoms with Crippen LogP contribution >= 0.6 is 11.8 Å². The largest absolute Gasteiger partial charge is 0.373 e. The molecule has 4 heteroatoms. The zero-order valence-electron chi connectivity index (χ0n) is 8.24. The van der Waals surface area contributed by atoms with Crippen LogP contribution in [0.2, 0.25) is 0 Å². The van der Waals surface area contributed by atoms with E-state index in [1.807, 2.05) is 11.8 Å². The number of fused-ring (bicyclic) bond motifs is 2. The van der Waals surface area contributed by atoms with Crippen LogP contribution in [-0.4, -0.2) is 35.7 Å². The van der Waals surface area contributed by atoms with Gasteiger partial charge in [0.2, 0.25) is 0 Å². The quantitative estimate of drug-likeness (QED) is 0.713. The van der Waals surface area contributed by atoms with E-state index < -0.39 is 0 Å². The molecule has 3 nitrogen and oxygen atoms in total. The second-order valence-corrected chi connectivity index (χ2v) is 5.32. The van der Waals surface area contributed by atoms with Crippen LogP contribution in [-0.2, 0) is 4.74 Å². The van der Waals surface area contributed by atoms with Crippen molar-refractivity contribution >= 4 is 16.9 Å². The summed E-state index contributed by atoms with van der Waals surface area (Å²) in [4.78, 5) is 4.43. The van der Waals surface area contributed by atoms with Gasteiger partial charge in [0.05, 0.1) is 24.8 Å². The molecule has 3 atom stereocenters. The monoisotopic (exact) mass is 212 g/mol. The third kappa shape index (κ3) is 1.65. The molecule has 3 rings (SSSR count). The smallest absolute Gasteiger partial charge is 0.156 e. The molecule has 0 aromatic rings. The first-order chi connectivity index (χ1) is 6.92. The Kier molecular flexibility index (Phi) is 2.41. The summed E-state index contributed by atoms with van der Waals surface area (Å²) in [6.07, 6.45) is 6.01. The van der Waals surface area contributed by atoms with Crippen molar-refractivity contribution in [3.63, 3.8) is 0 Å². The molecule has 2 fully saturated rings. The number of hydrogen-bond acceptors (Lipinski definition) is 4. The Morgan fingerprint density at radius 2 is 2.21 bits per heavy atom. The molecule has 1 N–H and O–H groups in total. The summed E-state index contributed by atoms with van der Waals surface area (Å²) in [5.41, 5.74) is 0. The second-order valence-electron chi connectivity index (χ2n) is 4.24. The molecule has 2 saturated heterocycles. The van der Waals surface area contributed by atoms with Crippen LogP contribution in [0.1, 0.15) is 25.7 Å². The van der Waals surface area contributed by atoms with E-state index in [-0.39, 0.29) is 0 Å². The standard InChI is InChI=1S/C10H16N2OS/c1-3-8(9-4-2-7(1)13-9)12-10-11-5-6-14-10/h7-9H,1-6H2,(H,11,12). The highest BCUT2D eigenvalue weighted by atomic mass is 32.2. The minimum absolute atomic E-state index is 0.456. The number of ether oxygens (including phenoxy) is 1. The van der Waals surface area contributed by atoms with Crippen molar-refractivity contribution in [1.82, 2.24) is 5.32 Å². The van der Waals surface area contributed by atoms with Gasteiger partial charge in [0.15, 0.2) is 5.17 Å². The van der Waals surface area contributed by atoms with Gasteiger partial charge < -0.3 is 10.1 Å². The van der Waals surface area contributed by atoms with Crippen molar-refractivity contribution in [1.29, 1.82) is 0 Å². The predicted molar refractivity (Wildman–Crippen MR) is 58.8 cm³/mol. The summed E-state index contributed by atoms with van der Waals surface area (Å²) in [5, 5.41) is 4.68. The maximum Gasteiger partial charge on any atom is 0.156 e. The number of nitrogens with one attached hydrogen (secondary N) is 1. The summed E-state index contributed by atoms with van der Waals surface area (Å²) < 4.78 is 5.89. The van der Waals surface area contributed by atoms with E-state index in [2.05, 4.69) is 10.3 Å². The van der Waals surface area contributed by atoms with E-state index in [4.69, 9.17) is 4.74 Å². The van der Waals surface area contributed by atoms with Crippen LogP contribution in [0.4, 0.5) is 0 Å². The Hall–Kier alpha value is -0.220. The molecule has 0 aromatic heterocycles. The predicted octanol–water partition coefficient (Wildman–Crippen LogP) is 1.39. The summed E-state index contributed by atoms with van der Waals surface area (Å²) in [7, 11) is 0. The van der Waals surface area contributed by atoms with Crippen LogP contribution in [0.3, 0.4) is 0 Å². The average Bonchev–Trinajstić information content (AvgIpc) is 2.80. The van der Waals surface area contributed by atoms with Crippen LogP contribution in [0.5, 0.6) is 0 Å². The van der Waals surface area contributed by atoms with Crippen molar-refractivity contribution in [2.75, 3.05) is 12.3 Å². The molecule has 3 aliphatic heterocycles. The minimum Gasteiger partial charge on any atom is -0.373 e. The van der Waals surface area contributed by atoms with Crippen molar-refractivity contribution < 1.29 is 4.74 Å². The number of rotatable bonds is 1. The Morgan fingerprint density at radius 3 is 3.07 bits per heavy atom. The van der Waals surface area contributed by atoms with Crippen molar-refractivity contribution in [2.45, 2.75) is 43.9 Å². The van der Waals surface area contributed by atoms with Gasteiger partial charge in [-0.1, -0.05) is 11.8 Å². The lowest BCUT2D eigenvalue weighted by Crippen LogP contribution is -2.44. The van der Waals surface area contributed by atoms with E-state index in [0.717, 1.165) is 17.5 Å². The van der Waals surface area contributed by atoms with Gasteiger partial charge in [-0.15, -0.1) is 0 Å². The van der Waals surface area contributed by atoms with E-state index in [1.165, 1.54) is 25.7 Å². The lowest BCUT2D eigenvalue weighted by Gasteiger charge is -2.30. The first kappa shape index (κ1) is 9.04. The summed E-state index contributed by atoms with van der Waals surface area (Å²) in [6, 6.07) is 0.526. The highest BCUT2D eigenvalue weighted by Crippen LogP contribution is 2.32. The highest BCUT2D eigenvalue weighted by Gasteiger charge is 2.37. The van der Waals surface area contributed by atoms with Crippen LogP contribution in [0.25, 0.3) is 0 Å². The van der Waals surface area contributed by atoms with Gasteiger partial charge in [-0.25, -0.2) is 0 Å². The van der Waals surface area contributed by atoms with Crippen LogP contribution < -0.4 is 5.32 Å². The van der Waals surface area contributed by atoms with E-state index >= 15 is 0 Å². The lowest BCUT2D eigenvalue weighted by atomic mass is 10.0. The lowest BCUT2D eigenvalue weighted by molar-refractivity contribution is -0.0115. The Balaban J connectivity index is 1.61. The van der Waals surface area contributed by atoms with E-state index in [0.29, 0.717) is 18.2 Å². The number of thioether (sulfide) groups is 1. The molecule has 0 radical (unpaired) electrons. The molecule has 14 heavy (non-hydrogen) atoms. The van der Waals surface area contributed by atoms with E-state index in [9.17, 15) is 0 Å². The fraction of sp³-hybridized carbons (Fsp3) is 0.900. The first-order valence-corrected chi connectivity index (χ1v) is 6.49. The van der Waals surface area contributed by atoms with Gasteiger partial charge in [0.1, 0.15) is 0 Å². The van der Waals surface area contributed by atoms with Gasteiger partial charge in [0.25, 0.3) is 0 Å². The van der Waals surface area contributed by atoms with Gasteiger partial charge >= 0.3 is 0 Å². The van der Waals surface area contributed by atoms with Crippen molar-refractivity contribution in [2.24, 2.45) is 4.99 Å². The van der Waals surface area contributed by atoms with Crippen LogP contribution in [0.15, 0.2) is 4.99 Å². The molecule has 0 spiro atoms. The summed E-state index contributed by atoms with van der Waals surface area (Å²) >= 11 is 1.85. The maximum atomic E-state index is 5.89. The highest BCUT2D eigenvalue weighted by molar-refractivity contribution is 8.14. The molecular weight excluding hydrogens is 196 g/mol. The number of nitrogens with zero attached hydrogens (tertiary/aromatic N) is 1. The number of aliphatic imine (C=N–C) groups is 1. The molecule has 0 aliphatic carbocycles. The van der Waals surface area contributed by atoms with Crippen molar-refractivity contribution in [3.8, 4) is 0 Å². The SMILES string of the molecule is C1CSC(NC2CCC3CCC2O3)=N1. The first-order valence-electron chi connectivity index (χ1n) is 5.51. The zero-order valence-corrected chi connectivity index (χ0v) is 9.05. The zero-order chi connectivity index (χ0) is 9.38. The van der Waals surface area contributed by atoms with Gasteiger partial charge in [-0.05, 0) is 25.7 Å². The molecule has 3 aliphatic rings. The summed E-state index contributed by atoms with van der Waals surface area (Å²) in [6.45, 7) is 0.980. The molecule has 2 bridgehead atoms. The fourth-order valence-corrected chi connectivity index (χ4v) is 3.33. The summed E-state index contributed by atoms with van der Waals surface area (Å²) in [5.74, 6) is 1.14. The molecular formula is C10H16N2OS. The van der Waals surface area contributed by atoms with Gasteiger partial charge in [0, 0.05) is 5.75 Å². The van der Waals surface area contributed by atoms with Gasteiger partial charge in [-0.3, -0.25) is 4.99 Å². The third-order valence-electron chi connectivity index (χ3n) is 3.28. The Bertz CT molecular complexity index is 257. The third-order valence-corrected chi connectivity index (χ3v) is 4.19. The average molecular weight is 212 g/mol. The van der Waals surface area contributed by atoms with E-state index in [1.54, 1.807) is 0 Å². The molecule has 78 valence electrons. The molecule has 3 unspecified atom stereocenters. The molecule has 0 amide bonds.